The monoisotopic (exact) mass is 271 g/mol. The summed E-state index contributed by atoms with van der Waals surface area (Å²) in [4.78, 5) is 3.85. The van der Waals surface area contributed by atoms with E-state index in [0.29, 0.717) is 6.54 Å². The molecule has 1 unspecified atom stereocenters. The Morgan fingerprint density at radius 1 is 1.50 bits per heavy atom. The van der Waals surface area contributed by atoms with E-state index in [9.17, 15) is 8.42 Å². The molecular weight excluding hydrogens is 250 g/mol. The standard InChI is InChI=1S/C12H21N3O2S/c1-10-6-12(4-3-5-12)9-15(10)18(16,17)11(7-13)8-14-2/h7-8,10H,3-6,9,13H2,1-2H3/b11-7+,14-8?. The number of nitrogens with two attached hydrogens (primary N) is 1. The van der Waals surface area contributed by atoms with Crippen molar-refractivity contribution in [2.24, 2.45) is 16.1 Å². The van der Waals surface area contributed by atoms with Crippen LogP contribution in [0.25, 0.3) is 0 Å². The Bertz CT molecular complexity index is 478. The summed E-state index contributed by atoms with van der Waals surface area (Å²) in [6, 6.07) is 0.0514. The van der Waals surface area contributed by atoms with Crippen molar-refractivity contribution >= 4 is 16.2 Å². The number of hydrogen-bond acceptors (Lipinski definition) is 4. The van der Waals surface area contributed by atoms with E-state index in [4.69, 9.17) is 5.73 Å². The van der Waals surface area contributed by atoms with Crippen LogP contribution in [0.3, 0.4) is 0 Å². The van der Waals surface area contributed by atoms with Gasteiger partial charge in [-0.2, -0.15) is 4.31 Å². The van der Waals surface area contributed by atoms with Crippen molar-refractivity contribution in [3.8, 4) is 0 Å². The second kappa shape index (κ2) is 4.66. The first-order chi connectivity index (χ1) is 8.45. The zero-order valence-electron chi connectivity index (χ0n) is 11.0. The highest BCUT2D eigenvalue weighted by molar-refractivity contribution is 7.93. The van der Waals surface area contributed by atoms with Gasteiger partial charge in [-0.25, -0.2) is 8.42 Å². The summed E-state index contributed by atoms with van der Waals surface area (Å²) in [6.45, 7) is 2.60. The van der Waals surface area contributed by atoms with Crippen LogP contribution in [-0.2, 0) is 10.0 Å². The minimum absolute atomic E-state index is 0.0514. The first-order valence-corrected chi connectivity index (χ1v) is 7.75. The summed E-state index contributed by atoms with van der Waals surface area (Å²) < 4.78 is 26.5. The molecule has 1 aliphatic carbocycles. The van der Waals surface area contributed by atoms with Gasteiger partial charge in [-0.3, -0.25) is 4.99 Å². The molecular formula is C12H21N3O2S. The second-order valence-corrected chi connectivity index (χ2v) is 7.30. The summed E-state index contributed by atoms with van der Waals surface area (Å²) in [7, 11) is -1.95. The van der Waals surface area contributed by atoms with Crippen molar-refractivity contribution in [1.29, 1.82) is 0 Å². The molecule has 0 radical (unpaired) electrons. The van der Waals surface area contributed by atoms with Crippen LogP contribution < -0.4 is 5.73 Å². The van der Waals surface area contributed by atoms with Gasteiger partial charge in [0.2, 0.25) is 10.0 Å². The minimum atomic E-state index is -3.49. The fourth-order valence-electron chi connectivity index (χ4n) is 3.10. The Hall–Kier alpha value is -0.880. The van der Waals surface area contributed by atoms with Gasteiger partial charge < -0.3 is 5.73 Å². The zero-order valence-corrected chi connectivity index (χ0v) is 11.8. The van der Waals surface area contributed by atoms with Gasteiger partial charge in [-0.05, 0) is 31.6 Å². The molecule has 1 saturated carbocycles. The highest BCUT2D eigenvalue weighted by Gasteiger charge is 2.50. The molecule has 1 heterocycles. The Labute approximate surface area is 109 Å². The SMILES string of the molecule is CN=C/C(=C\N)S(=O)(=O)N1CC2(CCC2)CC1C. The lowest BCUT2D eigenvalue weighted by molar-refractivity contribution is 0.153. The van der Waals surface area contributed by atoms with Crippen molar-refractivity contribution in [1.82, 2.24) is 4.31 Å². The third kappa shape index (κ3) is 2.07. The van der Waals surface area contributed by atoms with E-state index in [1.54, 1.807) is 11.4 Å². The van der Waals surface area contributed by atoms with Gasteiger partial charge in [0.15, 0.2) is 0 Å². The second-order valence-electron chi connectivity index (χ2n) is 5.41. The van der Waals surface area contributed by atoms with E-state index in [2.05, 4.69) is 4.99 Å². The maximum atomic E-state index is 12.5. The van der Waals surface area contributed by atoms with E-state index in [1.807, 2.05) is 6.92 Å². The lowest BCUT2D eigenvalue weighted by Gasteiger charge is -2.38. The van der Waals surface area contributed by atoms with E-state index < -0.39 is 10.0 Å². The molecule has 0 aromatic carbocycles. The van der Waals surface area contributed by atoms with Crippen molar-refractivity contribution in [3.05, 3.63) is 11.1 Å². The van der Waals surface area contributed by atoms with Gasteiger partial charge in [-0.1, -0.05) is 6.42 Å². The van der Waals surface area contributed by atoms with Gasteiger partial charge in [0, 0.05) is 32.0 Å². The Balaban J connectivity index is 2.25. The number of hydrogen-bond donors (Lipinski definition) is 1. The maximum absolute atomic E-state index is 12.5. The van der Waals surface area contributed by atoms with Gasteiger partial charge in [0.05, 0.1) is 0 Å². The Morgan fingerprint density at radius 3 is 2.56 bits per heavy atom. The predicted octanol–water partition coefficient (Wildman–Crippen LogP) is 1.08. The molecule has 2 aliphatic rings. The number of sulfonamides is 1. The first kappa shape index (κ1) is 13.5. The quantitative estimate of drug-likeness (QED) is 0.780. The minimum Gasteiger partial charge on any atom is -0.403 e. The van der Waals surface area contributed by atoms with Crippen molar-refractivity contribution in [2.45, 2.75) is 38.6 Å². The molecule has 0 bridgehead atoms. The lowest BCUT2D eigenvalue weighted by atomic mass is 9.68. The van der Waals surface area contributed by atoms with Crippen molar-refractivity contribution in [3.63, 3.8) is 0 Å². The first-order valence-electron chi connectivity index (χ1n) is 6.31. The summed E-state index contributed by atoms with van der Waals surface area (Å²) >= 11 is 0. The van der Waals surface area contributed by atoms with Crippen LogP contribution in [0.2, 0.25) is 0 Å². The molecule has 1 aliphatic heterocycles. The molecule has 1 saturated heterocycles. The summed E-state index contributed by atoms with van der Waals surface area (Å²) in [6.07, 6.45) is 6.92. The van der Waals surface area contributed by atoms with Crippen molar-refractivity contribution in [2.75, 3.05) is 13.6 Å². The number of rotatable bonds is 3. The average molecular weight is 271 g/mol. The summed E-state index contributed by atoms with van der Waals surface area (Å²) in [5, 5.41) is 0. The molecule has 0 aromatic rings. The molecule has 2 fully saturated rings. The van der Waals surface area contributed by atoms with Crippen LogP contribution in [0.1, 0.15) is 32.6 Å². The number of nitrogens with zero attached hydrogens (tertiary/aromatic N) is 2. The molecule has 0 amide bonds. The number of aliphatic imine (C=N–C) groups is 1. The van der Waals surface area contributed by atoms with Crippen molar-refractivity contribution < 1.29 is 8.42 Å². The Morgan fingerprint density at radius 2 is 2.17 bits per heavy atom. The normalized spacial score (nSPS) is 29.0. The molecule has 2 rings (SSSR count). The van der Waals surface area contributed by atoms with E-state index in [-0.39, 0.29) is 16.4 Å². The maximum Gasteiger partial charge on any atom is 0.246 e. The molecule has 2 N–H and O–H groups in total. The smallest absolute Gasteiger partial charge is 0.246 e. The summed E-state index contributed by atoms with van der Waals surface area (Å²) in [5.41, 5.74) is 5.64. The van der Waals surface area contributed by atoms with Crippen LogP contribution in [0.4, 0.5) is 0 Å². The average Bonchev–Trinajstić information content (AvgIpc) is 2.64. The fourth-order valence-corrected chi connectivity index (χ4v) is 4.77. The molecule has 102 valence electrons. The molecule has 0 aromatic heterocycles. The lowest BCUT2D eigenvalue weighted by Crippen LogP contribution is -2.38. The third-order valence-corrected chi connectivity index (χ3v) is 6.10. The van der Waals surface area contributed by atoms with Crippen LogP contribution >= 0.6 is 0 Å². The van der Waals surface area contributed by atoms with Gasteiger partial charge in [0.25, 0.3) is 0 Å². The molecule has 18 heavy (non-hydrogen) atoms. The highest BCUT2D eigenvalue weighted by Crippen LogP contribution is 2.51. The zero-order chi connectivity index (χ0) is 13.4. The molecule has 1 spiro atoms. The summed E-state index contributed by atoms with van der Waals surface area (Å²) in [5.74, 6) is 0. The van der Waals surface area contributed by atoms with Crippen LogP contribution in [-0.4, -0.2) is 38.6 Å². The largest absolute Gasteiger partial charge is 0.403 e. The predicted molar refractivity (Wildman–Crippen MR) is 72.7 cm³/mol. The molecule has 5 nitrogen and oxygen atoms in total. The van der Waals surface area contributed by atoms with Gasteiger partial charge in [0.1, 0.15) is 4.91 Å². The van der Waals surface area contributed by atoms with Crippen LogP contribution in [0.15, 0.2) is 16.1 Å². The topological polar surface area (TPSA) is 75.8 Å². The Kier molecular flexibility index (Phi) is 3.51. The van der Waals surface area contributed by atoms with Gasteiger partial charge >= 0.3 is 0 Å². The van der Waals surface area contributed by atoms with E-state index >= 15 is 0 Å². The third-order valence-electron chi connectivity index (χ3n) is 4.15. The van der Waals surface area contributed by atoms with E-state index in [1.165, 1.54) is 12.6 Å². The van der Waals surface area contributed by atoms with E-state index in [0.717, 1.165) is 25.5 Å². The van der Waals surface area contributed by atoms with Crippen LogP contribution in [0.5, 0.6) is 0 Å². The highest BCUT2D eigenvalue weighted by atomic mass is 32.2. The molecule has 6 heteroatoms. The fraction of sp³-hybridized carbons (Fsp3) is 0.750. The number of allylic oxidation sites excluding steroid dienone is 1. The molecule has 1 atom stereocenters. The van der Waals surface area contributed by atoms with Gasteiger partial charge in [-0.15, -0.1) is 0 Å². The van der Waals surface area contributed by atoms with Crippen LogP contribution in [0, 0.1) is 5.41 Å².